The summed E-state index contributed by atoms with van der Waals surface area (Å²) in [5.74, 6) is 0.260. The number of rotatable bonds is 6. The number of benzene rings is 1. The number of anilines is 1. The second kappa shape index (κ2) is 6.20. The third kappa shape index (κ3) is 3.23. The zero-order valence-electron chi connectivity index (χ0n) is 11.3. The second-order valence-electron chi connectivity index (χ2n) is 4.48. The van der Waals surface area contributed by atoms with Gasteiger partial charge in [0.1, 0.15) is 0 Å². The van der Waals surface area contributed by atoms with E-state index in [9.17, 15) is 8.42 Å². The summed E-state index contributed by atoms with van der Waals surface area (Å²) in [5, 5.41) is 0. The Hall–Kier alpha value is -1.07. The molecule has 0 unspecified atom stereocenters. The van der Waals surface area contributed by atoms with Crippen LogP contribution >= 0.6 is 0 Å². The van der Waals surface area contributed by atoms with E-state index in [4.69, 9.17) is 5.73 Å². The van der Waals surface area contributed by atoms with Crippen molar-refractivity contribution in [2.75, 3.05) is 23.1 Å². The van der Waals surface area contributed by atoms with Crippen molar-refractivity contribution >= 4 is 15.7 Å². The van der Waals surface area contributed by atoms with Crippen LogP contribution in [0.4, 0.5) is 5.69 Å². The van der Waals surface area contributed by atoms with Crippen LogP contribution < -0.4 is 10.0 Å². The lowest BCUT2D eigenvalue weighted by molar-refractivity contribution is 0.591. The van der Waals surface area contributed by atoms with Gasteiger partial charge in [0, 0.05) is 13.1 Å². The highest BCUT2D eigenvalue weighted by Crippen LogP contribution is 2.29. The van der Waals surface area contributed by atoms with Crippen molar-refractivity contribution in [2.24, 2.45) is 5.73 Å². The van der Waals surface area contributed by atoms with E-state index in [1.54, 1.807) is 0 Å². The van der Waals surface area contributed by atoms with Crippen LogP contribution in [0.5, 0.6) is 0 Å². The van der Waals surface area contributed by atoms with Gasteiger partial charge in [-0.3, -0.25) is 4.31 Å². The number of hydrogen-bond acceptors (Lipinski definition) is 3. The first-order valence-electron chi connectivity index (χ1n) is 6.23. The molecule has 102 valence electrons. The van der Waals surface area contributed by atoms with Crippen LogP contribution in [0.2, 0.25) is 0 Å². The van der Waals surface area contributed by atoms with Gasteiger partial charge in [0.05, 0.1) is 11.4 Å². The minimum absolute atomic E-state index is 0.0206. The monoisotopic (exact) mass is 270 g/mol. The molecule has 0 aliphatic rings. The number of nitrogens with zero attached hydrogens (tertiary/aromatic N) is 1. The Kier molecular flexibility index (Phi) is 5.16. The molecule has 0 heterocycles. The first-order valence-corrected chi connectivity index (χ1v) is 7.84. The lowest BCUT2D eigenvalue weighted by Gasteiger charge is -2.26. The summed E-state index contributed by atoms with van der Waals surface area (Å²) in [6, 6.07) is 7.62. The average Bonchev–Trinajstić information content (AvgIpc) is 2.29. The molecule has 5 heteroatoms. The fourth-order valence-corrected chi connectivity index (χ4v) is 3.36. The van der Waals surface area contributed by atoms with Crippen molar-refractivity contribution in [2.45, 2.75) is 26.7 Å². The van der Waals surface area contributed by atoms with Crippen molar-refractivity contribution in [1.29, 1.82) is 0 Å². The lowest BCUT2D eigenvalue weighted by atomic mass is 10.0. The SMILES string of the molecule is CCN(c1ccccc1C(C)C)S(=O)(=O)CCN. The van der Waals surface area contributed by atoms with Gasteiger partial charge in [-0.25, -0.2) is 8.42 Å². The Morgan fingerprint density at radius 3 is 2.39 bits per heavy atom. The smallest absolute Gasteiger partial charge is 0.236 e. The highest BCUT2D eigenvalue weighted by atomic mass is 32.2. The molecule has 4 nitrogen and oxygen atoms in total. The summed E-state index contributed by atoms with van der Waals surface area (Å²) >= 11 is 0. The fourth-order valence-electron chi connectivity index (χ4n) is 1.98. The van der Waals surface area contributed by atoms with Gasteiger partial charge < -0.3 is 5.73 Å². The first-order chi connectivity index (χ1) is 8.44. The van der Waals surface area contributed by atoms with E-state index in [0.29, 0.717) is 6.54 Å². The molecule has 0 aliphatic carbocycles. The summed E-state index contributed by atoms with van der Waals surface area (Å²) in [7, 11) is -3.32. The molecule has 0 aromatic heterocycles. The molecule has 0 saturated heterocycles. The van der Waals surface area contributed by atoms with E-state index < -0.39 is 10.0 Å². The molecule has 0 saturated carbocycles. The number of sulfonamides is 1. The normalized spacial score (nSPS) is 11.8. The summed E-state index contributed by atoms with van der Waals surface area (Å²) < 4.78 is 25.8. The third-order valence-electron chi connectivity index (χ3n) is 2.83. The van der Waals surface area contributed by atoms with Crippen molar-refractivity contribution in [3.05, 3.63) is 29.8 Å². The van der Waals surface area contributed by atoms with Crippen LogP contribution in [0.1, 0.15) is 32.3 Å². The van der Waals surface area contributed by atoms with Crippen molar-refractivity contribution < 1.29 is 8.42 Å². The Labute approximate surface area is 110 Å². The Balaban J connectivity index is 3.26. The van der Waals surface area contributed by atoms with Crippen molar-refractivity contribution in [3.63, 3.8) is 0 Å². The number of para-hydroxylation sites is 1. The van der Waals surface area contributed by atoms with Gasteiger partial charge in [-0.05, 0) is 24.5 Å². The second-order valence-corrected chi connectivity index (χ2v) is 6.50. The van der Waals surface area contributed by atoms with Gasteiger partial charge in [-0.15, -0.1) is 0 Å². The highest BCUT2D eigenvalue weighted by Gasteiger charge is 2.22. The molecule has 1 rings (SSSR count). The molecule has 0 radical (unpaired) electrons. The van der Waals surface area contributed by atoms with Gasteiger partial charge in [0.2, 0.25) is 10.0 Å². The lowest BCUT2D eigenvalue weighted by Crippen LogP contribution is -2.35. The van der Waals surface area contributed by atoms with Gasteiger partial charge >= 0.3 is 0 Å². The maximum absolute atomic E-state index is 12.2. The van der Waals surface area contributed by atoms with Crippen LogP contribution in [-0.4, -0.2) is 27.3 Å². The minimum atomic E-state index is -3.32. The summed E-state index contributed by atoms with van der Waals surface area (Å²) in [5.41, 5.74) is 7.19. The van der Waals surface area contributed by atoms with E-state index in [1.807, 2.05) is 31.2 Å². The Morgan fingerprint density at radius 2 is 1.89 bits per heavy atom. The van der Waals surface area contributed by atoms with Gasteiger partial charge in [0.25, 0.3) is 0 Å². The maximum atomic E-state index is 12.2. The standard InChI is InChI=1S/C13H22N2O2S/c1-4-15(18(16,17)10-9-14)13-8-6-5-7-12(13)11(2)3/h5-8,11H,4,9-10,14H2,1-3H3. The molecule has 2 N–H and O–H groups in total. The molecular weight excluding hydrogens is 248 g/mol. The van der Waals surface area contributed by atoms with Crippen LogP contribution in [0.3, 0.4) is 0 Å². The molecule has 0 fully saturated rings. The maximum Gasteiger partial charge on any atom is 0.236 e. The fraction of sp³-hybridized carbons (Fsp3) is 0.538. The largest absolute Gasteiger partial charge is 0.329 e. The minimum Gasteiger partial charge on any atom is -0.329 e. The zero-order chi connectivity index (χ0) is 13.8. The van der Waals surface area contributed by atoms with Gasteiger partial charge in [-0.2, -0.15) is 0 Å². The van der Waals surface area contributed by atoms with Gasteiger partial charge in [0.15, 0.2) is 0 Å². The molecule has 0 spiro atoms. The predicted molar refractivity (Wildman–Crippen MR) is 76.4 cm³/mol. The summed E-state index contributed by atoms with van der Waals surface area (Å²) in [4.78, 5) is 0. The molecule has 0 amide bonds. The Bertz CT molecular complexity index is 484. The van der Waals surface area contributed by atoms with Crippen LogP contribution in [-0.2, 0) is 10.0 Å². The summed E-state index contributed by atoms with van der Waals surface area (Å²) in [6.07, 6.45) is 0. The molecule has 18 heavy (non-hydrogen) atoms. The van der Waals surface area contributed by atoms with E-state index >= 15 is 0 Å². The molecular formula is C13H22N2O2S. The van der Waals surface area contributed by atoms with Gasteiger partial charge in [-0.1, -0.05) is 32.0 Å². The van der Waals surface area contributed by atoms with Crippen LogP contribution in [0.15, 0.2) is 24.3 Å². The number of hydrogen-bond donors (Lipinski definition) is 1. The van der Waals surface area contributed by atoms with E-state index in [1.165, 1.54) is 4.31 Å². The quantitative estimate of drug-likeness (QED) is 0.859. The van der Waals surface area contributed by atoms with Crippen LogP contribution in [0, 0.1) is 0 Å². The molecule has 1 aromatic carbocycles. The zero-order valence-corrected chi connectivity index (χ0v) is 12.1. The average molecular weight is 270 g/mol. The van der Waals surface area contributed by atoms with E-state index in [0.717, 1.165) is 11.3 Å². The number of nitrogens with two attached hydrogens (primary N) is 1. The van der Waals surface area contributed by atoms with Crippen molar-refractivity contribution in [3.8, 4) is 0 Å². The predicted octanol–water partition coefficient (Wildman–Crippen LogP) is 1.92. The molecule has 0 bridgehead atoms. The topological polar surface area (TPSA) is 63.4 Å². The third-order valence-corrected chi connectivity index (χ3v) is 4.70. The summed E-state index contributed by atoms with van der Waals surface area (Å²) in [6.45, 7) is 6.52. The molecule has 1 aromatic rings. The highest BCUT2D eigenvalue weighted by molar-refractivity contribution is 7.92. The molecule has 0 atom stereocenters. The van der Waals surface area contributed by atoms with Crippen LogP contribution in [0.25, 0.3) is 0 Å². The Morgan fingerprint density at radius 1 is 1.28 bits per heavy atom. The first kappa shape index (κ1) is 15.0. The van der Waals surface area contributed by atoms with Crippen molar-refractivity contribution in [1.82, 2.24) is 0 Å². The van der Waals surface area contributed by atoms with E-state index in [-0.39, 0.29) is 18.2 Å². The van der Waals surface area contributed by atoms with E-state index in [2.05, 4.69) is 13.8 Å². The molecule has 0 aliphatic heterocycles.